The fourth-order valence-corrected chi connectivity index (χ4v) is 6.49. The molecule has 8 heteroatoms. The second-order valence-electron chi connectivity index (χ2n) is 9.27. The third kappa shape index (κ3) is 3.98. The van der Waals surface area contributed by atoms with E-state index in [4.69, 9.17) is 9.47 Å². The van der Waals surface area contributed by atoms with E-state index in [0.29, 0.717) is 6.42 Å². The molecule has 0 spiro atoms. The molecule has 0 radical (unpaired) electrons. The Hall–Kier alpha value is -4.01. The SMILES string of the molecule is O=C(COC(=O)C1CC2c3ccccc3C1c1ccccc12)Oc1ccc(S(=O)(=O)[O-])c2ccccc12. The molecule has 4 aromatic carbocycles. The van der Waals surface area contributed by atoms with Crippen LogP contribution in [0.25, 0.3) is 10.8 Å². The fourth-order valence-electron chi connectivity index (χ4n) is 5.81. The van der Waals surface area contributed by atoms with Crippen LogP contribution >= 0.6 is 0 Å². The quantitative estimate of drug-likeness (QED) is 0.220. The van der Waals surface area contributed by atoms with Crippen LogP contribution in [0.1, 0.15) is 40.5 Å². The molecule has 0 saturated heterocycles. The number of carbonyl (C=O) groups is 2. The Labute approximate surface area is 213 Å². The predicted octanol–water partition coefficient (Wildman–Crippen LogP) is 4.49. The van der Waals surface area contributed by atoms with Crippen LogP contribution < -0.4 is 4.74 Å². The highest BCUT2D eigenvalue weighted by molar-refractivity contribution is 7.86. The molecule has 0 saturated carbocycles. The lowest BCUT2D eigenvalue weighted by Gasteiger charge is -2.44. The van der Waals surface area contributed by atoms with Crippen molar-refractivity contribution in [2.45, 2.75) is 23.2 Å². The molecule has 186 valence electrons. The number of hydrogen-bond acceptors (Lipinski definition) is 7. The lowest BCUT2D eigenvalue weighted by atomic mass is 9.59. The van der Waals surface area contributed by atoms with Crippen molar-refractivity contribution in [2.75, 3.05) is 6.61 Å². The highest BCUT2D eigenvalue weighted by Crippen LogP contribution is 2.55. The topological polar surface area (TPSA) is 110 Å². The highest BCUT2D eigenvalue weighted by atomic mass is 32.2. The molecular formula is C29H21O7S-. The fraction of sp³-hybridized carbons (Fsp3) is 0.172. The van der Waals surface area contributed by atoms with E-state index in [9.17, 15) is 22.6 Å². The van der Waals surface area contributed by atoms with Gasteiger partial charge in [0.1, 0.15) is 15.9 Å². The summed E-state index contributed by atoms with van der Waals surface area (Å²) < 4.78 is 45.6. The van der Waals surface area contributed by atoms with Gasteiger partial charge in [0.05, 0.1) is 10.8 Å². The molecule has 2 bridgehead atoms. The summed E-state index contributed by atoms with van der Waals surface area (Å²) in [7, 11) is -4.72. The summed E-state index contributed by atoms with van der Waals surface area (Å²) in [6.45, 7) is -0.591. The largest absolute Gasteiger partial charge is 0.744 e. The van der Waals surface area contributed by atoms with Gasteiger partial charge in [-0.25, -0.2) is 13.2 Å². The van der Waals surface area contributed by atoms with E-state index in [-0.39, 0.29) is 28.4 Å². The molecule has 0 fully saturated rings. The summed E-state index contributed by atoms with van der Waals surface area (Å²) in [4.78, 5) is 25.4. The molecule has 37 heavy (non-hydrogen) atoms. The van der Waals surface area contributed by atoms with Gasteiger partial charge in [-0.3, -0.25) is 4.79 Å². The lowest BCUT2D eigenvalue weighted by molar-refractivity contribution is -0.157. The van der Waals surface area contributed by atoms with Crippen LogP contribution in [0.2, 0.25) is 0 Å². The average Bonchev–Trinajstić information content (AvgIpc) is 2.91. The molecule has 1 atom stereocenters. The van der Waals surface area contributed by atoms with Crippen molar-refractivity contribution >= 4 is 32.8 Å². The lowest BCUT2D eigenvalue weighted by Crippen LogP contribution is -2.37. The minimum absolute atomic E-state index is 0.0728. The van der Waals surface area contributed by atoms with Gasteiger partial charge in [-0.2, -0.15) is 0 Å². The van der Waals surface area contributed by atoms with Crippen molar-refractivity contribution in [3.8, 4) is 5.75 Å². The molecule has 3 aliphatic carbocycles. The molecule has 0 N–H and O–H groups in total. The van der Waals surface area contributed by atoms with Gasteiger partial charge >= 0.3 is 11.9 Å². The maximum atomic E-state index is 13.2. The van der Waals surface area contributed by atoms with E-state index in [1.807, 2.05) is 36.4 Å². The number of carbonyl (C=O) groups excluding carboxylic acids is 2. The normalized spacial score (nSPS) is 19.6. The standard InChI is InChI=1S/C29H22O7S/c30-27(36-25-13-14-26(37(32,33)34)20-10-4-3-9-19(20)25)16-35-29(31)24-15-23-17-7-1-5-11-21(17)28(24)22-12-6-2-8-18(22)23/h1-14,23-24,28H,15-16H2,(H,32,33,34)/p-1. The highest BCUT2D eigenvalue weighted by Gasteiger charge is 2.46. The van der Waals surface area contributed by atoms with Gasteiger partial charge in [0, 0.05) is 22.6 Å². The molecule has 0 aromatic heterocycles. The van der Waals surface area contributed by atoms with Gasteiger partial charge in [-0.15, -0.1) is 0 Å². The van der Waals surface area contributed by atoms with Gasteiger partial charge in [-0.05, 0) is 40.8 Å². The van der Waals surface area contributed by atoms with E-state index in [0.717, 1.165) is 17.2 Å². The minimum Gasteiger partial charge on any atom is -0.744 e. The summed E-state index contributed by atoms with van der Waals surface area (Å²) in [5, 5.41) is 0.437. The Morgan fingerprint density at radius 2 is 1.35 bits per heavy atom. The zero-order valence-corrected chi connectivity index (χ0v) is 20.3. The molecule has 7 rings (SSSR count). The Balaban J connectivity index is 1.20. The maximum Gasteiger partial charge on any atom is 0.349 e. The number of hydrogen-bond donors (Lipinski definition) is 0. The van der Waals surface area contributed by atoms with Crippen LogP contribution in [0.4, 0.5) is 0 Å². The summed E-state index contributed by atoms with van der Waals surface area (Å²) in [6.07, 6.45) is 0.600. The van der Waals surface area contributed by atoms with E-state index in [1.165, 1.54) is 23.3 Å². The second-order valence-corrected chi connectivity index (χ2v) is 10.6. The van der Waals surface area contributed by atoms with Crippen molar-refractivity contribution in [2.24, 2.45) is 5.92 Å². The summed E-state index contributed by atoms with van der Waals surface area (Å²) in [6, 6.07) is 24.8. The van der Waals surface area contributed by atoms with Crippen LogP contribution in [0.15, 0.2) is 89.8 Å². The first-order chi connectivity index (χ1) is 17.8. The Morgan fingerprint density at radius 1 is 0.784 bits per heavy atom. The summed E-state index contributed by atoms with van der Waals surface area (Å²) in [5.74, 6) is -1.68. The number of benzene rings is 4. The van der Waals surface area contributed by atoms with Gasteiger partial charge in [0.2, 0.25) is 0 Å². The number of esters is 2. The van der Waals surface area contributed by atoms with Crippen LogP contribution in [0, 0.1) is 5.92 Å². The summed E-state index contributed by atoms with van der Waals surface area (Å²) >= 11 is 0. The smallest absolute Gasteiger partial charge is 0.349 e. The van der Waals surface area contributed by atoms with Crippen LogP contribution in [0.3, 0.4) is 0 Å². The zero-order chi connectivity index (χ0) is 25.7. The van der Waals surface area contributed by atoms with Crippen LogP contribution in [-0.2, 0) is 24.4 Å². The van der Waals surface area contributed by atoms with Crippen molar-refractivity contribution in [1.82, 2.24) is 0 Å². The Morgan fingerprint density at radius 3 is 1.97 bits per heavy atom. The number of ether oxygens (including phenoxy) is 2. The van der Waals surface area contributed by atoms with E-state index in [2.05, 4.69) is 12.1 Å². The minimum atomic E-state index is -4.72. The first-order valence-electron chi connectivity index (χ1n) is 11.9. The molecule has 3 aliphatic rings. The van der Waals surface area contributed by atoms with Gasteiger partial charge in [0.15, 0.2) is 6.61 Å². The molecule has 1 unspecified atom stereocenters. The molecule has 0 heterocycles. The van der Waals surface area contributed by atoms with Crippen molar-refractivity contribution < 1.29 is 32.0 Å². The Kier molecular flexibility index (Phi) is 5.58. The maximum absolute atomic E-state index is 13.2. The van der Waals surface area contributed by atoms with Gasteiger partial charge < -0.3 is 14.0 Å². The van der Waals surface area contributed by atoms with E-state index < -0.39 is 39.5 Å². The predicted molar refractivity (Wildman–Crippen MR) is 133 cm³/mol. The first kappa shape index (κ1) is 23.4. The third-order valence-electron chi connectivity index (χ3n) is 7.28. The average molecular weight is 514 g/mol. The second kappa shape index (κ2) is 8.83. The summed E-state index contributed by atoms with van der Waals surface area (Å²) in [5.41, 5.74) is 4.68. The van der Waals surface area contributed by atoms with Gasteiger partial charge in [-0.1, -0.05) is 72.8 Å². The van der Waals surface area contributed by atoms with Crippen molar-refractivity contribution in [3.63, 3.8) is 0 Å². The molecular weight excluding hydrogens is 492 g/mol. The van der Waals surface area contributed by atoms with Crippen LogP contribution in [0.5, 0.6) is 5.75 Å². The van der Waals surface area contributed by atoms with Crippen molar-refractivity contribution in [3.05, 3.63) is 107 Å². The molecule has 7 nitrogen and oxygen atoms in total. The van der Waals surface area contributed by atoms with Crippen molar-refractivity contribution in [1.29, 1.82) is 0 Å². The molecule has 0 aliphatic heterocycles. The number of fused-ring (bicyclic) bond motifs is 2. The first-order valence-corrected chi connectivity index (χ1v) is 13.3. The zero-order valence-electron chi connectivity index (χ0n) is 19.5. The molecule has 4 aromatic rings. The van der Waals surface area contributed by atoms with E-state index in [1.54, 1.807) is 18.2 Å². The molecule has 0 amide bonds. The number of rotatable bonds is 5. The monoisotopic (exact) mass is 513 g/mol. The Bertz CT molecular complexity index is 1630. The third-order valence-corrected chi connectivity index (χ3v) is 8.17. The van der Waals surface area contributed by atoms with E-state index >= 15 is 0 Å². The van der Waals surface area contributed by atoms with Crippen LogP contribution in [-0.4, -0.2) is 31.5 Å². The van der Waals surface area contributed by atoms with Gasteiger partial charge in [0.25, 0.3) is 0 Å².